The number of methoxy groups -OCH3 is 1. The van der Waals surface area contributed by atoms with E-state index in [9.17, 15) is 4.79 Å². The lowest BCUT2D eigenvalue weighted by Gasteiger charge is -2.13. The highest BCUT2D eigenvalue weighted by molar-refractivity contribution is 5.65. The molecule has 8 heteroatoms. The topological polar surface area (TPSA) is 87.7 Å². The molecule has 0 bridgehead atoms. The second kappa shape index (κ2) is 8.27. The van der Waals surface area contributed by atoms with E-state index in [1.807, 2.05) is 60.7 Å². The Hall–Kier alpha value is -4.59. The molecule has 2 aromatic carbocycles. The number of ether oxygens (including phenoxy) is 1. The zero-order valence-corrected chi connectivity index (χ0v) is 17.2. The largest absolute Gasteiger partial charge is 0.494 e. The van der Waals surface area contributed by atoms with Crippen LogP contribution in [0, 0.1) is 0 Å². The molecule has 0 saturated carbocycles. The summed E-state index contributed by atoms with van der Waals surface area (Å²) in [5.74, 6) is 0.590. The van der Waals surface area contributed by atoms with Crippen molar-refractivity contribution in [1.82, 2.24) is 29.8 Å². The summed E-state index contributed by atoms with van der Waals surface area (Å²) in [4.78, 5) is 12.7. The third kappa shape index (κ3) is 3.54. The van der Waals surface area contributed by atoms with Crippen LogP contribution in [0.1, 0.15) is 0 Å². The standard InChI is InChI=1S/C24H18N6O2/c1-32-23-16-17(19-8-5-13-25-27-19)9-10-20(23)29-15-12-22(31)24(28-29)21-11-14-26-30(21)18-6-3-2-4-7-18/h2-16H,1H3. The fourth-order valence-corrected chi connectivity index (χ4v) is 3.46. The third-order valence-electron chi connectivity index (χ3n) is 4.99. The zero-order valence-electron chi connectivity index (χ0n) is 17.2. The normalized spacial score (nSPS) is 10.8. The molecule has 0 aliphatic carbocycles. The van der Waals surface area contributed by atoms with Gasteiger partial charge in [0.1, 0.15) is 11.4 Å². The van der Waals surface area contributed by atoms with Crippen LogP contribution >= 0.6 is 0 Å². The van der Waals surface area contributed by atoms with Crippen molar-refractivity contribution in [3.63, 3.8) is 0 Å². The molecule has 3 aromatic heterocycles. The fourth-order valence-electron chi connectivity index (χ4n) is 3.46. The highest BCUT2D eigenvalue weighted by Crippen LogP contribution is 2.28. The smallest absolute Gasteiger partial charge is 0.209 e. The Kier molecular flexibility index (Phi) is 5.01. The minimum atomic E-state index is -0.200. The summed E-state index contributed by atoms with van der Waals surface area (Å²) in [6.45, 7) is 0. The van der Waals surface area contributed by atoms with Gasteiger partial charge in [-0.3, -0.25) is 4.79 Å². The summed E-state index contributed by atoms with van der Waals surface area (Å²) in [5, 5.41) is 17.1. The van der Waals surface area contributed by atoms with Gasteiger partial charge in [-0.2, -0.15) is 20.4 Å². The summed E-state index contributed by atoms with van der Waals surface area (Å²) in [6, 6.07) is 22.2. The van der Waals surface area contributed by atoms with E-state index < -0.39 is 0 Å². The second-order valence-corrected chi connectivity index (χ2v) is 6.93. The molecule has 0 N–H and O–H groups in total. The number of benzene rings is 2. The molecule has 8 nitrogen and oxygen atoms in total. The van der Waals surface area contributed by atoms with E-state index in [1.165, 1.54) is 6.07 Å². The lowest BCUT2D eigenvalue weighted by molar-refractivity contribution is 0.411. The highest BCUT2D eigenvalue weighted by Gasteiger charge is 2.15. The first-order valence-electron chi connectivity index (χ1n) is 9.91. The summed E-state index contributed by atoms with van der Waals surface area (Å²) in [5.41, 5.74) is 3.82. The molecular formula is C24H18N6O2. The molecule has 5 rings (SSSR count). The lowest BCUT2D eigenvalue weighted by atomic mass is 10.1. The van der Waals surface area contributed by atoms with Gasteiger partial charge < -0.3 is 4.74 Å². The van der Waals surface area contributed by atoms with Crippen molar-refractivity contribution in [2.45, 2.75) is 0 Å². The van der Waals surface area contributed by atoms with Crippen LogP contribution in [0.4, 0.5) is 0 Å². The molecule has 0 atom stereocenters. The first-order valence-corrected chi connectivity index (χ1v) is 9.91. The molecule has 0 spiro atoms. The molecule has 0 unspecified atom stereocenters. The average molecular weight is 422 g/mol. The van der Waals surface area contributed by atoms with Gasteiger partial charge in [0.2, 0.25) is 5.43 Å². The Morgan fingerprint density at radius 1 is 0.906 bits per heavy atom. The molecule has 0 fully saturated rings. The summed E-state index contributed by atoms with van der Waals surface area (Å²) in [6.07, 6.45) is 4.90. The van der Waals surface area contributed by atoms with E-state index in [4.69, 9.17) is 4.74 Å². The van der Waals surface area contributed by atoms with E-state index in [2.05, 4.69) is 20.4 Å². The van der Waals surface area contributed by atoms with Gasteiger partial charge in [-0.1, -0.05) is 24.3 Å². The summed E-state index contributed by atoms with van der Waals surface area (Å²) in [7, 11) is 1.59. The summed E-state index contributed by atoms with van der Waals surface area (Å²) < 4.78 is 8.93. The highest BCUT2D eigenvalue weighted by atomic mass is 16.5. The molecular weight excluding hydrogens is 404 g/mol. The Bertz CT molecular complexity index is 1430. The van der Waals surface area contributed by atoms with Gasteiger partial charge in [-0.15, -0.1) is 0 Å². The van der Waals surface area contributed by atoms with Crippen molar-refractivity contribution in [2.75, 3.05) is 7.11 Å². The maximum Gasteiger partial charge on any atom is 0.209 e. The molecule has 0 aliphatic heterocycles. The Morgan fingerprint density at radius 3 is 2.56 bits per heavy atom. The molecule has 156 valence electrons. The average Bonchev–Trinajstić information content (AvgIpc) is 3.35. The quantitative estimate of drug-likeness (QED) is 0.430. The van der Waals surface area contributed by atoms with Crippen molar-refractivity contribution >= 4 is 0 Å². The van der Waals surface area contributed by atoms with Gasteiger partial charge in [-0.05, 0) is 42.5 Å². The van der Waals surface area contributed by atoms with E-state index in [0.717, 1.165) is 16.9 Å². The maximum absolute atomic E-state index is 12.7. The number of hydrogen-bond donors (Lipinski definition) is 0. The first-order chi connectivity index (χ1) is 15.7. The van der Waals surface area contributed by atoms with Gasteiger partial charge in [0, 0.05) is 24.0 Å². The van der Waals surface area contributed by atoms with Crippen molar-refractivity contribution < 1.29 is 4.74 Å². The minimum Gasteiger partial charge on any atom is -0.494 e. The van der Waals surface area contributed by atoms with Crippen LogP contribution < -0.4 is 10.2 Å². The molecule has 5 aromatic rings. The van der Waals surface area contributed by atoms with E-state index in [-0.39, 0.29) is 11.1 Å². The lowest BCUT2D eigenvalue weighted by Crippen LogP contribution is -2.15. The zero-order chi connectivity index (χ0) is 21.9. The molecule has 0 aliphatic rings. The van der Waals surface area contributed by atoms with Crippen LogP contribution in [0.2, 0.25) is 0 Å². The molecule has 3 heterocycles. The number of aromatic nitrogens is 6. The van der Waals surface area contributed by atoms with Crippen LogP contribution in [-0.4, -0.2) is 36.9 Å². The van der Waals surface area contributed by atoms with Crippen LogP contribution in [0.25, 0.3) is 34.0 Å². The van der Waals surface area contributed by atoms with Crippen molar-refractivity contribution in [2.24, 2.45) is 0 Å². The predicted octanol–water partition coefficient (Wildman–Crippen LogP) is 3.55. The van der Waals surface area contributed by atoms with Crippen LogP contribution in [0.15, 0.2) is 96.2 Å². The van der Waals surface area contributed by atoms with Crippen molar-refractivity contribution in [1.29, 1.82) is 0 Å². The molecule has 0 saturated heterocycles. The van der Waals surface area contributed by atoms with E-state index in [0.29, 0.717) is 17.1 Å². The number of hydrogen-bond acceptors (Lipinski definition) is 6. The third-order valence-corrected chi connectivity index (χ3v) is 4.99. The number of nitrogens with zero attached hydrogens (tertiary/aromatic N) is 6. The van der Waals surface area contributed by atoms with Gasteiger partial charge in [0.05, 0.1) is 30.4 Å². The first kappa shape index (κ1) is 19.4. The van der Waals surface area contributed by atoms with Crippen LogP contribution in [0.3, 0.4) is 0 Å². The molecule has 0 radical (unpaired) electrons. The summed E-state index contributed by atoms with van der Waals surface area (Å²) >= 11 is 0. The SMILES string of the molecule is COc1cc(-c2cccnn2)ccc1-n1ccc(=O)c(-c2ccnn2-c2ccccc2)n1. The number of para-hydroxylation sites is 1. The van der Waals surface area contributed by atoms with Crippen LogP contribution in [-0.2, 0) is 0 Å². The van der Waals surface area contributed by atoms with Crippen LogP contribution in [0.5, 0.6) is 5.75 Å². The monoisotopic (exact) mass is 422 g/mol. The van der Waals surface area contributed by atoms with Crippen molar-refractivity contribution in [3.8, 4) is 39.8 Å². The van der Waals surface area contributed by atoms with Gasteiger partial charge in [0.25, 0.3) is 0 Å². The minimum absolute atomic E-state index is 0.200. The Labute approximate surface area is 183 Å². The van der Waals surface area contributed by atoms with Gasteiger partial charge >= 0.3 is 0 Å². The maximum atomic E-state index is 12.7. The Balaban J connectivity index is 1.60. The molecule has 32 heavy (non-hydrogen) atoms. The molecule has 0 amide bonds. The van der Waals surface area contributed by atoms with Crippen molar-refractivity contribution in [3.05, 3.63) is 102 Å². The van der Waals surface area contributed by atoms with Gasteiger partial charge in [0.15, 0.2) is 5.69 Å². The fraction of sp³-hybridized carbons (Fsp3) is 0.0417. The predicted molar refractivity (Wildman–Crippen MR) is 120 cm³/mol. The Morgan fingerprint density at radius 2 is 1.78 bits per heavy atom. The second-order valence-electron chi connectivity index (χ2n) is 6.93. The van der Waals surface area contributed by atoms with E-state index in [1.54, 1.807) is 41.1 Å². The van der Waals surface area contributed by atoms with Gasteiger partial charge in [-0.25, -0.2) is 9.36 Å². The van der Waals surface area contributed by atoms with E-state index >= 15 is 0 Å². The number of rotatable bonds is 5.